The molecule has 1 aliphatic rings. The molecule has 16 heavy (non-hydrogen) atoms. The third kappa shape index (κ3) is 3.11. The van der Waals surface area contributed by atoms with Crippen molar-refractivity contribution in [1.82, 2.24) is 10.2 Å². The molecule has 1 heterocycles. The average molecular weight is 228 g/mol. The molecule has 2 amide bonds. The van der Waals surface area contributed by atoms with Crippen molar-refractivity contribution in [3.05, 3.63) is 0 Å². The van der Waals surface area contributed by atoms with Crippen LogP contribution in [0.4, 0.5) is 4.79 Å². The summed E-state index contributed by atoms with van der Waals surface area (Å²) in [6, 6.07) is 0.247. The first-order valence-corrected chi connectivity index (χ1v) is 6.15. The minimum absolute atomic E-state index is 0.00648. The maximum absolute atomic E-state index is 11.6. The van der Waals surface area contributed by atoms with Gasteiger partial charge in [0.15, 0.2) is 0 Å². The molecule has 1 aliphatic heterocycles. The lowest BCUT2D eigenvalue weighted by Gasteiger charge is -2.40. The van der Waals surface area contributed by atoms with Crippen LogP contribution in [0, 0.1) is 0 Å². The number of hydrogen-bond donors (Lipinski definition) is 1. The summed E-state index contributed by atoms with van der Waals surface area (Å²) in [5.41, 5.74) is -0.0253. The van der Waals surface area contributed by atoms with Crippen molar-refractivity contribution >= 4 is 6.03 Å². The van der Waals surface area contributed by atoms with Gasteiger partial charge in [0.2, 0.25) is 0 Å². The van der Waals surface area contributed by atoms with Crippen LogP contribution in [0.1, 0.15) is 39.5 Å². The summed E-state index contributed by atoms with van der Waals surface area (Å²) < 4.78 is 5.87. The lowest BCUT2D eigenvalue weighted by molar-refractivity contribution is -0.0917. The van der Waals surface area contributed by atoms with Gasteiger partial charge in [-0.1, -0.05) is 13.8 Å². The van der Waals surface area contributed by atoms with Crippen LogP contribution < -0.4 is 5.32 Å². The summed E-state index contributed by atoms with van der Waals surface area (Å²) in [5.74, 6) is 0. The molecule has 4 heteroatoms. The minimum atomic E-state index is -0.0253. The molecule has 0 bridgehead atoms. The monoisotopic (exact) mass is 228 g/mol. The molecule has 1 saturated heterocycles. The highest BCUT2D eigenvalue weighted by Crippen LogP contribution is 2.31. The zero-order valence-electron chi connectivity index (χ0n) is 10.9. The smallest absolute Gasteiger partial charge is 0.317 e. The van der Waals surface area contributed by atoms with E-state index in [1.54, 1.807) is 19.0 Å². The van der Waals surface area contributed by atoms with Crippen LogP contribution in [0.25, 0.3) is 0 Å². The first-order chi connectivity index (χ1) is 7.53. The number of amides is 2. The molecule has 0 aromatic rings. The molecule has 1 N–H and O–H groups in total. The number of nitrogens with one attached hydrogen (secondary N) is 1. The molecule has 0 spiro atoms. The van der Waals surface area contributed by atoms with E-state index in [1.165, 1.54) is 0 Å². The van der Waals surface area contributed by atoms with E-state index in [2.05, 4.69) is 19.2 Å². The second-order valence-corrected chi connectivity index (χ2v) is 4.77. The van der Waals surface area contributed by atoms with E-state index in [-0.39, 0.29) is 17.7 Å². The fourth-order valence-corrected chi connectivity index (χ4v) is 2.20. The Kier molecular flexibility index (Phi) is 4.59. The van der Waals surface area contributed by atoms with Crippen LogP contribution in [-0.4, -0.2) is 43.3 Å². The van der Waals surface area contributed by atoms with Gasteiger partial charge in [-0.3, -0.25) is 0 Å². The third-order valence-electron chi connectivity index (χ3n) is 3.52. The molecule has 0 aromatic carbocycles. The van der Waals surface area contributed by atoms with Gasteiger partial charge in [-0.25, -0.2) is 4.79 Å². The van der Waals surface area contributed by atoms with Crippen molar-refractivity contribution in [2.45, 2.75) is 51.2 Å². The van der Waals surface area contributed by atoms with Crippen molar-refractivity contribution < 1.29 is 9.53 Å². The van der Waals surface area contributed by atoms with Gasteiger partial charge in [0.25, 0.3) is 0 Å². The van der Waals surface area contributed by atoms with Gasteiger partial charge in [-0.05, 0) is 25.7 Å². The van der Waals surface area contributed by atoms with Crippen LogP contribution in [0.3, 0.4) is 0 Å². The Morgan fingerprint density at radius 1 is 1.44 bits per heavy atom. The number of ether oxygens (including phenoxy) is 1. The standard InChI is InChI=1S/C12H24N2O2/c1-5-12(6-2)9-10(7-8-16-12)13-11(15)14(3)4/h10H,5-9H2,1-4H3,(H,13,15). The molecular weight excluding hydrogens is 204 g/mol. The van der Waals surface area contributed by atoms with E-state index in [4.69, 9.17) is 4.74 Å². The fraction of sp³-hybridized carbons (Fsp3) is 0.917. The predicted octanol–water partition coefficient (Wildman–Crippen LogP) is 2.00. The Morgan fingerprint density at radius 3 is 2.56 bits per heavy atom. The van der Waals surface area contributed by atoms with E-state index in [0.717, 1.165) is 32.3 Å². The highest BCUT2D eigenvalue weighted by atomic mass is 16.5. The lowest BCUT2D eigenvalue weighted by atomic mass is 9.86. The molecule has 1 atom stereocenters. The summed E-state index contributed by atoms with van der Waals surface area (Å²) in [4.78, 5) is 13.2. The number of urea groups is 1. The highest BCUT2D eigenvalue weighted by molar-refractivity contribution is 5.73. The SMILES string of the molecule is CCC1(CC)CC(NC(=O)N(C)C)CCO1. The maximum Gasteiger partial charge on any atom is 0.317 e. The molecule has 0 radical (unpaired) electrons. The summed E-state index contributed by atoms with van der Waals surface area (Å²) >= 11 is 0. The average Bonchev–Trinajstić information content (AvgIpc) is 2.29. The molecule has 1 unspecified atom stereocenters. The molecule has 0 saturated carbocycles. The number of nitrogens with zero attached hydrogens (tertiary/aromatic N) is 1. The molecular formula is C12H24N2O2. The number of hydrogen-bond acceptors (Lipinski definition) is 2. The van der Waals surface area contributed by atoms with Gasteiger partial charge in [0, 0.05) is 26.7 Å². The molecule has 1 rings (SSSR count). The number of carbonyl (C=O) groups is 1. The molecule has 0 aliphatic carbocycles. The molecule has 0 aromatic heterocycles. The van der Waals surface area contributed by atoms with E-state index in [9.17, 15) is 4.79 Å². The highest BCUT2D eigenvalue weighted by Gasteiger charge is 2.35. The molecule has 1 fully saturated rings. The van der Waals surface area contributed by atoms with Crippen molar-refractivity contribution in [2.24, 2.45) is 0 Å². The molecule has 94 valence electrons. The quantitative estimate of drug-likeness (QED) is 0.802. The Bertz CT molecular complexity index is 237. The van der Waals surface area contributed by atoms with Gasteiger partial charge < -0.3 is 15.0 Å². The second-order valence-electron chi connectivity index (χ2n) is 4.77. The predicted molar refractivity (Wildman–Crippen MR) is 64.5 cm³/mol. The van der Waals surface area contributed by atoms with E-state index < -0.39 is 0 Å². The topological polar surface area (TPSA) is 41.6 Å². The Morgan fingerprint density at radius 2 is 2.06 bits per heavy atom. The van der Waals surface area contributed by atoms with Gasteiger partial charge in [0.1, 0.15) is 0 Å². The van der Waals surface area contributed by atoms with Gasteiger partial charge in [-0.15, -0.1) is 0 Å². The van der Waals surface area contributed by atoms with E-state index >= 15 is 0 Å². The Balaban J connectivity index is 2.53. The fourth-order valence-electron chi connectivity index (χ4n) is 2.20. The first-order valence-electron chi connectivity index (χ1n) is 6.15. The van der Waals surface area contributed by atoms with Crippen LogP contribution in [-0.2, 0) is 4.74 Å². The van der Waals surface area contributed by atoms with Gasteiger partial charge >= 0.3 is 6.03 Å². The van der Waals surface area contributed by atoms with Crippen LogP contribution >= 0.6 is 0 Å². The summed E-state index contributed by atoms with van der Waals surface area (Å²) in [5, 5.41) is 3.05. The lowest BCUT2D eigenvalue weighted by Crippen LogP contribution is -2.50. The minimum Gasteiger partial charge on any atom is -0.375 e. The van der Waals surface area contributed by atoms with E-state index in [0.29, 0.717) is 0 Å². The first kappa shape index (κ1) is 13.3. The number of rotatable bonds is 3. The van der Waals surface area contributed by atoms with Crippen molar-refractivity contribution in [3.8, 4) is 0 Å². The molecule has 4 nitrogen and oxygen atoms in total. The summed E-state index contributed by atoms with van der Waals surface area (Å²) in [6.45, 7) is 5.05. The van der Waals surface area contributed by atoms with E-state index in [1.807, 2.05) is 0 Å². The van der Waals surface area contributed by atoms with Crippen LogP contribution in [0.2, 0.25) is 0 Å². The number of carbonyl (C=O) groups excluding carboxylic acids is 1. The largest absolute Gasteiger partial charge is 0.375 e. The Hall–Kier alpha value is -0.770. The Labute approximate surface area is 98.3 Å². The zero-order chi connectivity index (χ0) is 12.2. The normalized spacial score (nSPS) is 23.9. The third-order valence-corrected chi connectivity index (χ3v) is 3.52. The van der Waals surface area contributed by atoms with Crippen molar-refractivity contribution in [1.29, 1.82) is 0 Å². The van der Waals surface area contributed by atoms with Crippen molar-refractivity contribution in [3.63, 3.8) is 0 Å². The summed E-state index contributed by atoms with van der Waals surface area (Å²) in [7, 11) is 3.53. The van der Waals surface area contributed by atoms with Crippen molar-refractivity contribution in [2.75, 3.05) is 20.7 Å². The summed E-state index contributed by atoms with van der Waals surface area (Å²) in [6.07, 6.45) is 3.87. The zero-order valence-corrected chi connectivity index (χ0v) is 10.9. The van der Waals surface area contributed by atoms with Gasteiger partial charge in [-0.2, -0.15) is 0 Å². The van der Waals surface area contributed by atoms with Crippen LogP contribution in [0.15, 0.2) is 0 Å². The van der Waals surface area contributed by atoms with Crippen LogP contribution in [0.5, 0.6) is 0 Å². The maximum atomic E-state index is 11.6. The van der Waals surface area contributed by atoms with Gasteiger partial charge in [0.05, 0.1) is 5.60 Å². The second kappa shape index (κ2) is 5.53.